The van der Waals surface area contributed by atoms with E-state index in [0.717, 1.165) is 35.5 Å². The van der Waals surface area contributed by atoms with Crippen LogP contribution in [0.3, 0.4) is 0 Å². The number of unbranched alkanes of at least 4 members (excludes halogenated alkanes) is 3. The van der Waals surface area contributed by atoms with E-state index in [4.69, 9.17) is 16.3 Å². The standard InChI is InChI=1S/C20H27ClN2O2/c1-3-5-6-7-8-18-19-15(11-12-23(18)20(24)25-4-2)16-13-14(21)9-10-17(16)22-19/h9-10,13,18,22H,3-8,11-12H2,1-2H3. The number of carbonyl (C=O) groups excluding carboxylic acids is 1. The van der Waals surface area contributed by atoms with Crippen LogP contribution < -0.4 is 0 Å². The van der Waals surface area contributed by atoms with Crippen molar-refractivity contribution in [2.45, 2.75) is 58.4 Å². The van der Waals surface area contributed by atoms with Gasteiger partial charge in [0.25, 0.3) is 0 Å². The lowest BCUT2D eigenvalue weighted by Crippen LogP contribution is -2.40. The van der Waals surface area contributed by atoms with Gasteiger partial charge in [0.1, 0.15) is 0 Å². The summed E-state index contributed by atoms with van der Waals surface area (Å²) in [6, 6.07) is 6.02. The first-order valence-corrected chi connectivity index (χ1v) is 9.76. The highest BCUT2D eigenvalue weighted by Gasteiger charge is 2.33. The highest BCUT2D eigenvalue weighted by molar-refractivity contribution is 6.31. The minimum atomic E-state index is -0.203. The molecule has 1 amide bonds. The van der Waals surface area contributed by atoms with E-state index in [1.165, 1.54) is 30.2 Å². The van der Waals surface area contributed by atoms with E-state index in [1.54, 1.807) is 0 Å². The number of fused-ring (bicyclic) bond motifs is 3. The summed E-state index contributed by atoms with van der Waals surface area (Å²) in [6.07, 6.45) is 6.36. The Kier molecular flexibility index (Phi) is 5.89. The van der Waals surface area contributed by atoms with Crippen molar-refractivity contribution in [1.29, 1.82) is 0 Å². The van der Waals surface area contributed by atoms with E-state index in [2.05, 4.69) is 11.9 Å². The molecule has 1 N–H and O–H groups in total. The highest BCUT2D eigenvalue weighted by atomic mass is 35.5. The Morgan fingerprint density at radius 1 is 1.32 bits per heavy atom. The van der Waals surface area contributed by atoms with E-state index in [9.17, 15) is 4.79 Å². The number of hydrogen-bond donors (Lipinski definition) is 1. The molecule has 0 saturated carbocycles. The van der Waals surface area contributed by atoms with Crippen LogP contribution in [0.4, 0.5) is 4.79 Å². The SMILES string of the molecule is CCCCCCC1c2[nH]c3ccc(Cl)cc3c2CCN1C(=O)OCC. The number of aromatic nitrogens is 1. The fourth-order valence-electron chi connectivity index (χ4n) is 3.83. The van der Waals surface area contributed by atoms with Crippen molar-refractivity contribution < 1.29 is 9.53 Å². The van der Waals surface area contributed by atoms with E-state index in [1.807, 2.05) is 30.0 Å². The molecule has 3 rings (SSSR count). The molecule has 0 radical (unpaired) electrons. The first-order valence-electron chi connectivity index (χ1n) is 9.39. The molecular formula is C20H27ClN2O2. The average molecular weight is 363 g/mol. The maximum absolute atomic E-state index is 12.4. The Balaban J connectivity index is 1.92. The molecule has 1 aliphatic heterocycles. The summed E-state index contributed by atoms with van der Waals surface area (Å²) in [6.45, 7) is 5.18. The van der Waals surface area contributed by atoms with Gasteiger partial charge < -0.3 is 9.72 Å². The van der Waals surface area contributed by atoms with E-state index < -0.39 is 0 Å². The zero-order valence-corrected chi connectivity index (χ0v) is 15.9. The number of H-pyrrole nitrogens is 1. The van der Waals surface area contributed by atoms with Gasteiger partial charge in [0, 0.05) is 28.2 Å². The molecule has 0 saturated heterocycles. The summed E-state index contributed by atoms with van der Waals surface area (Å²) in [5, 5.41) is 1.94. The van der Waals surface area contributed by atoms with Crippen LogP contribution in [0.15, 0.2) is 18.2 Å². The van der Waals surface area contributed by atoms with Crippen LogP contribution in [0, 0.1) is 0 Å². The van der Waals surface area contributed by atoms with Crippen LogP contribution in [0.5, 0.6) is 0 Å². The van der Waals surface area contributed by atoms with E-state index >= 15 is 0 Å². The van der Waals surface area contributed by atoms with Crippen LogP contribution in [-0.2, 0) is 11.2 Å². The molecule has 5 heteroatoms. The number of halogens is 1. The van der Waals surface area contributed by atoms with Crippen LogP contribution in [0.25, 0.3) is 10.9 Å². The number of carbonyl (C=O) groups is 1. The Labute approximate surface area is 154 Å². The maximum atomic E-state index is 12.4. The van der Waals surface area contributed by atoms with Crippen molar-refractivity contribution in [3.05, 3.63) is 34.5 Å². The largest absolute Gasteiger partial charge is 0.450 e. The van der Waals surface area contributed by atoms with Gasteiger partial charge in [-0.3, -0.25) is 4.90 Å². The predicted molar refractivity (Wildman–Crippen MR) is 102 cm³/mol. The van der Waals surface area contributed by atoms with Gasteiger partial charge in [0.2, 0.25) is 0 Å². The zero-order valence-electron chi connectivity index (χ0n) is 15.1. The quantitative estimate of drug-likeness (QED) is 0.655. The monoisotopic (exact) mass is 362 g/mol. The van der Waals surface area contributed by atoms with Gasteiger partial charge in [0.05, 0.1) is 12.6 Å². The minimum absolute atomic E-state index is 0.0610. The van der Waals surface area contributed by atoms with Gasteiger partial charge >= 0.3 is 6.09 Å². The van der Waals surface area contributed by atoms with Gasteiger partial charge in [-0.15, -0.1) is 0 Å². The van der Waals surface area contributed by atoms with Crippen LogP contribution in [-0.4, -0.2) is 29.1 Å². The van der Waals surface area contributed by atoms with Crippen molar-refractivity contribution in [1.82, 2.24) is 9.88 Å². The molecular weight excluding hydrogens is 336 g/mol. The third-order valence-corrected chi connectivity index (χ3v) is 5.28. The minimum Gasteiger partial charge on any atom is -0.450 e. The number of ether oxygens (including phenoxy) is 1. The molecule has 2 heterocycles. The predicted octanol–water partition coefficient (Wildman–Crippen LogP) is 5.85. The van der Waals surface area contributed by atoms with Crippen molar-refractivity contribution in [2.75, 3.05) is 13.2 Å². The van der Waals surface area contributed by atoms with Crippen molar-refractivity contribution in [3.63, 3.8) is 0 Å². The molecule has 1 unspecified atom stereocenters. The lowest BCUT2D eigenvalue weighted by molar-refractivity contribution is 0.0830. The lowest BCUT2D eigenvalue weighted by Gasteiger charge is -2.35. The molecule has 0 bridgehead atoms. The maximum Gasteiger partial charge on any atom is 0.410 e. The summed E-state index contributed by atoms with van der Waals surface area (Å²) in [5.74, 6) is 0. The molecule has 0 spiro atoms. The molecule has 1 atom stereocenters. The third-order valence-electron chi connectivity index (χ3n) is 5.05. The lowest BCUT2D eigenvalue weighted by atomic mass is 9.94. The number of amides is 1. The molecule has 2 aromatic rings. The number of aromatic amines is 1. The summed E-state index contributed by atoms with van der Waals surface area (Å²) >= 11 is 6.19. The van der Waals surface area contributed by atoms with Gasteiger partial charge in [-0.25, -0.2) is 4.79 Å². The van der Waals surface area contributed by atoms with E-state index in [-0.39, 0.29) is 12.1 Å². The van der Waals surface area contributed by atoms with E-state index in [0.29, 0.717) is 13.2 Å². The van der Waals surface area contributed by atoms with Crippen LogP contribution in [0.2, 0.25) is 5.02 Å². The Morgan fingerprint density at radius 3 is 2.92 bits per heavy atom. The number of nitrogens with zero attached hydrogens (tertiary/aromatic N) is 1. The number of nitrogens with one attached hydrogen (secondary N) is 1. The van der Waals surface area contributed by atoms with Crippen LogP contribution in [0.1, 0.15) is 63.3 Å². The first kappa shape index (κ1) is 18.1. The highest BCUT2D eigenvalue weighted by Crippen LogP contribution is 2.38. The smallest absolute Gasteiger partial charge is 0.410 e. The fourth-order valence-corrected chi connectivity index (χ4v) is 4.00. The second kappa shape index (κ2) is 8.13. The molecule has 0 fully saturated rings. The second-order valence-electron chi connectivity index (χ2n) is 6.71. The summed E-state index contributed by atoms with van der Waals surface area (Å²) in [7, 11) is 0. The number of hydrogen-bond acceptors (Lipinski definition) is 2. The fraction of sp³-hybridized carbons (Fsp3) is 0.550. The summed E-state index contributed by atoms with van der Waals surface area (Å²) in [4.78, 5) is 17.9. The summed E-state index contributed by atoms with van der Waals surface area (Å²) < 4.78 is 5.30. The first-order chi connectivity index (χ1) is 12.2. The third kappa shape index (κ3) is 3.79. The van der Waals surface area contributed by atoms with Gasteiger partial charge in [0.15, 0.2) is 0 Å². The number of benzene rings is 1. The Hall–Kier alpha value is -1.68. The normalized spacial score (nSPS) is 16.9. The second-order valence-corrected chi connectivity index (χ2v) is 7.15. The molecule has 4 nitrogen and oxygen atoms in total. The summed E-state index contributed by atoms with van der Waals surface area (Å²) in [5.41, 5.74) is 3.56. The molecule has 1 aromatic heterocycles. The topological polar surface area (TPSA) is 45.3 Å². The Morgan fingerprint density at radius 2 is 2.16 bits per heavy atom. The average Bonchev–Trinajstić information content (AvgIpc) is 2.97. The molecule has 1 aromatic carbocycles. The van der Waals surface area contributed by atoms with Gasteiger partial charge in [-0.05, 0) is 43.5 Å². The zero-order chi connectivity index (χ0) is 17.8. The molecule has 1 aliphatic rings. The Bertz CT molecular complexity index is 741. The van der Waals surface area contributed by atoms with Crippen molar-refractivity contribution >= 4 is 28.6 Å². The van der Waals surface area contributed by atoms with Gasteiger partial charge in [-0.1, -0.05) is 44.2 Å². The number of rotatable bonds is 6. The van der Waals surface area contributed by atoms with Crippen LogP contribution >= 0.6 is 11.6 Å². The van der Waals surface area contributed by atoms with Crippen molar-refractivity contribution in [3.8, 4) is 0 Å². The molecule has 136 valence electrons. The van der Waals surface area contributed by atoms with Gasteiger partial charge in [-0.2, -0.15) is 0 Å². The molecule has 0 aliphatic carbocycles. The van der Waals surface area contributed by atoms with Crippen molar-refractivity contribution in [2.24, 2.45) is 0 Å². The molecule has 25 heavy (non-hydrogen) atoms.